The molecule has 0 radical (unpaired) electrons. The fourth-order valence-corrected chi connectivity index (χ4v) is 1.53. The molecule has 0 aromatic heterocycles. The largest absolute Gasteiger partial charge is 0.356 e. The van der Waals surface area contributed by atoms with Crippen LogP contribution in [0.15, 0.2) is 0 Å². The predicted molar refractivity (Wildman–Crippen MR) is 45.1 cm³/mol. The lowest BCUT2D eigenvalue weighted by Gasteiger charge is -1.98. The van der Waals surface area contributed by atoms with Gasteiger partial charge in [-0.1, -0.05) is 0 Å². The zero-order valence-electron chi connectivity index (χ0n) is 6.14. The van der Waals surface area contributed by atoms with Crippen LogP contribution in [-0.4, -0.2) is 38.5 Å². The van der Waals surface area contributed by atoms with Gasteiger partial charge in [-0.05, 0) is 0 Å². The average molecular weight is 175 g/mol. The lowest BCUT2D eigenvalue weighted by Crippen LogP contribution is -2.22. The predicted octanol–water partition coefficient (Wildman–Crippen LogP) is -0.391. The zero-order chi connectivity index (χ0) is 7.98. The molecule has 0 aliphatic heterocycles. The summed E-state index contributed by atoms with van der Waals surface area (Å²) in [5.41, 5.74) is 0. The lowest BCUT2D eigenvalue weighted by molar-refractivity contribution is -0.118. The highest BCUT2D eigenvalue weighted by molar-refractivity contribution is 8.16. The van der Waals surface area contributed by atoms with Crippen molar-refractivity contribution in [3.05, 3.63) is 0 Å². The number of carbonyl (C=O) groups is 2. The van der Waals surface area contributed by atoms with Gasteiger partial charge in [0.15, 0.2) is 0 Å². The molecule has 56 valence electrons. The van der Waals surface area contributed by atoms with Gasteiger partial charge in [0.1, 0.15) is 0 Å². The fourth-order valence-electron chi connectivity index (χ4n) is 0.422. The van der Waals surface area contributed by atoms with E-state index in [1.807, 2.05) is 0 Å². The fraction of sp³-hybridized carbons (Fsp3) is 0.600. The molecule has 0 rings (SSSR count). The first-order valence-electron chi connectivity index (χ1n) is 3.00. The summed E-state index contributed by atoms with van der Waals surface area (Å²) in [5, 5.41) is 2.60. The lowest BCUT2D eigenvalue weighted by atomic mass is 10.6. The average Bonchev–Trinajstić information content (AvgIpc) is 1.79. The Morgan fingerprint density at radius 2 is 2.20 bits per heavy atom. The highest BCUT2D eigenvalue weighted by atomic mass is 32.2. The summed E-state index contributed by atoms with van der Waals surface area (Å²) in [4.78, 5) is 20.7. The smallest absolute Gasteiger partial charge is 0.337 e. The van der Waals surface area contributed by atoms with Crippen molar-refractivity contribution < 1.29 is 9.59 Å². The van der Waals surface area contributed by atoms with Crippen molar-refractivity contribution in [2.45, 2.75) is 6.92 Å². The molecule has 0 saturated heterocycles. The van der Waals surface area contributed by atoms with Gasteiger partial charge in [0.05, 0.1) is 3.98 Å². The molecule has 1 amide bonds. The molecule has 10 heavy (non-hydrogen) atoms. The summed E-state index contributed by atoms with van der Waals surface area (Å²) in [6, 6.07) is 0. The molecule has 0 heterocycles. The maximum absolute atomic E-state index is 10.4. The Kier molecular flexibility index (Phi) is 5.79. The van der Waals surface area contributed by atoms with Crippen molar-refractivity contribution in [3.63, 3.8) is 0 Å². The zero-order valence-corrected chi connectivity index (χ0v) is 8.96. The third-order valence-corrected chi connectivity index (χ3v) is 2.46. The molecule has 0 aromatic rings. The molecule has 0 fully saturated rings. The first kappa shape index (κ1) is 10.0. The molecule has 0 aliphatic rings. The van der Waals surface area contributed by atoms with Crippen molar-refractivity contribution in [2.75, 3.05) is 12.3 Å². The van der Waals surface area contributed by atoms with Crippen molar-refractivity contribution >= 4 is 37.9 Å². The van der Waals surface area contributed by atoms with Gasteiger partial charge in [-0.25, -0.2) is 0 Å². The van der Waals surface area contributed by atoms with Crippen molar-refractivity contribution in [1.29, 1.82) is 0 Å². The number of hydrogen-bond donors (Lipinski definition) is 1. The Morgan fingerprint density at radius 1 is 1.60 bits per heavy atom. The van der Waals surface area contributed by atoms with Crippen LogP contribution in [0, 0.1) is 0 Å². The van der Waals surface area contributed by atoms with E-state index in [9.17, 15) is 9.59 Å². The van der Waals surface area contributed by atoms with Gasteiger partial charge < -0.3 is 10.1 Å². The summed E-state index contributed by atoms with van der Waals surface area (Å²) in [6.07, 6.45) is 0. The van der Waals surface area contributed by atoms with E-state index in [4.69, 9.17) is 0 Å². The van der Waals surface area contributed by atoms with E-state index in [1.54, 1.807) is 0 Å². The minimum atomic E-state index is -0.0404. The second kappa shape index (κ2) is 5.78. The molecular formula is C5H10AlNO2S. The first-order chi connectivity index (χ1) is 4.63. The number of amides is 1. The molecule has 3 nitrogen and oxygen atoms in total. The van der Waals surface area contributed by atoms with Crippen LogP contribution >= 0.6 is 11.8 Å². The Labute approximate surface area is 72.4 Å². The van der Waals surface area contributed by atoms with Crippen LogP contribution in [-0.2, 0) is 4.79 Å². The van der Waals surface area contributed by atoms with Crippen LogP contribution < -0.4 is 5.32 Å². The van der Waals surface area contributed by atoms with E-state index in [0.717, 1.165) is 0 Å². The third kappa shape index (κ3) is 8.02. The summed E-state index contributed by atoms with van der Waals surface area (Å²) in [7, 11) is 0. The van der Waals surface area contributed by atoms with E-state index in [-0.39, 0.29) is 9.88 Å². The number of thioether (sulfide) groups is 1. The molecule has 0 aliphatic carbocycles. The van der Waals surface area contributed by atoms with Gasteiger partial charge in [0.2, 0.25) is 5.91 Å². The van der Waals surface area contributed by atoms with E-state index in [1.165, 1.54) is 18.7 Å². The van der Waals surface area contributed by atoms with Gasteiger partial charge in [-0.15, -0.1) is 11.8 Å². The first-order valence-corrected chi connectivity index (χ1v) is 4.99. The van der Waals surface area contributed by atoms with Gasteiger partial charge >= 0.3 is 16.3 Å². The minimum Gasteiger partial charge on any atom is -0.356 e. The molecule has 1 N–H and O–H groups in total. The second-order valence-corrected chi connectivity index (χ2v) is 4.73. The van der Waals surface area contributed by atoms with Crippen LogP contribution in [0.5, 0.6) is 0 Å². The molecule has 5 heteroatoms. The third-order valence-electron chi connectivity index (χ3n) is 0.781. The van der Waals surface area contributed by atoms with Gasteiger partial charge in [-0.2, -0.15) is 0 Å². The summed E-state index contributed by atoms with van der Waals surface area (Å²) in [6.45, 7) is 2.06. The van der Waals surface area contributed by atoms with E-state index in [0.29, 0.717) is 28.6 Å². The van der Waals surface area contributed by atoms with Crippen LogP contribution in [0.2, 0.25) is 0 Å². The quantitative estimate of drug-likeness (QED) is 0.469. The summed E-state index contributed by atoms with van der Waals surface area (Å²) < 4.78 is 0.227. The van der Waals surface area contributed by atoms with Crippen LogP contribution in [0.1, 0.15) is 6.92 Å². The van der Waals surface area contributed by atoms with Gasteiger partial charge in [-0.3, -0.25) is 4.79 Å². The van der Waals surface area contributed by atoms with Crippen LogP contribution in [0.3, 0.4) is 0 Å². The molecule has 0 unspecified atom stereocenters. The van der Waals surface area contributed by atoms with E-state index in [2.05, 4.69) is 5.32 Å². The maximum atomic E-state index is 10.4. The van der Waals surface area contributed by atoms with Crippen LogP contribution in [0.4, 0.5) is 4.79 Å². The standard InChI is InChI=1S/C5H8NO2S.Al.2H/c1-5(8)6-2-3-9-4-7;;;/h2-3H2,1H3,(H,6,8);;;. The number of hydrogen-bond acceptors (Lipinski definition) is 3. The minimum absolute atomic E-state index is 0.0404. The summed E-state index contributed by atoms with van der Waals surface area (Å²) in [5.74, 6) is 0.656. The Bertz CT molecular complexity index is 124. The molecule has 0 atom stereocenters. The SMILES string of the molecule is CC(=O)NCCS[C](=O)[AlH2]. The monoisotopic (exact) mass is 175 g/mol. The van der Waals surface area contributed by atoms with Crippen LogP contribution in [0.25, 0.3) is 0 Å². The number of rotatable bonds is 3. The van der Waals surface area contributed by atoms with Gasteiger partial charge in [0, 0.05) is 19.2 Å². The second-order valence-electron chi connectivity index (χ2n) is 1.82. The van der Waals surface area contributed by atoms with E-state index >= 15 is 0 Å². The van der Waals surface area contributed by atoms with Crippen molar-refractivity contribution in [2.24, 2.45) is 0 Å². The topological polar surface area (TPSA) is 46.2 Å². The summed E-state index contributed by atoms with van der Waals surface area (Å²) >= 11 is 1.87. The highest BCUT2D eigenvalue weighted by Crippen LogP contribution is 1.97. The Hall–Kier alpha value is 0.0225. The maximum Gasteiger partial charge on any atom is 0.337 e. The normalized spacial score (nSPS) is 8.90. The highest BCUT2D eigenvalue weighted by Gasteiger charge is 1.93. The van der Waals surface area contributed by atoms with Gasteiger partial charge in [0.25, 0.3) is 0 Å². The Balaban J connectivity index is 3.06. The van der Waals surface area contributed by atoms with Crippen molar-refractivity contribution in [1.82, 2.24) is 5.32 Å². The molecule has 0 aromatic carbocycles. The molecule has 0 saturated carbocycles. The molecule has 0 spiro atoms. The molecule has 0 bridgehead atoms. The van der Waals surface area contributed by atoms with Crippen molar-refractivity contribution in [3.8, 4) is 0 Å². The number of nitrogens with one attached hydrogen (secondary N) is 1. The van der Waals surface area contributed by atoms with E-state index < -0.39 is 0 Å². The Morgan fingerprint density at radius 3 is 2.60 bits per heavy atom. The molecular weight excluding hydrogens is 165 g/mol. The number of carbonyl (C=O) groups excluding carboxylic acids is 2.